The first kappa shape index (κ1) is 24.6. The van der Waals surface area contributed by atoms with Crippen LogP contribution < -0.4 is 19.6 Å². The second kappa shape index (κ2) is 12.1. The summed E-state index contributed by atoms with van der Waals surface area (Å²) in [7, 11) is 8.23. The van der Waals surface area contributed by atoms with Gasteiger partial charge < -0.3 is 29.2 Å². The Kier molecular flexibility index (Phi) is 11.0. The Morgan fingerprint density at radius 2 is 0.741 bits per heavy atom. The largest absolute Gasteiger partial charge is 0.545 e. The van der Waals surface area contributed by atoms with E-state index in [9.17, 15) is 0 Å². The molecule has 27 heavy (non-hydrogen) atoms. The summed E-state index contributed by atoms with van der Waals surface area (Å²) in [5, 5.41) is 0. The molecule has 0 bridgehead atoms. The number of hydrogen-bond acceptors (Lipinski definition) is 6. The molecule has 0 saturated heterocycles. The van der Waals surface area contributed by atoms with Gasteiger partial charge in [0.2, 0.25) is 0 Å². The SMILES string of the molecule is CN1[CH-]N(C)c2ccccc21.CN1[CH-]N(C)c2ccccc21.[CH-]=O.[CH-]=O.[Ir]. The average Bonchev–Trinajstić information content (AvgIpc) is 3.15. The van der Waals surface area contributed by atoms with Gasteiger partial charge in [-0.05, 0) is 52.5 Å². The molecule has 0 N–H and O–H groups in total. The molecule has 0 saturated carbocycles. The zero-order valence-corrected chi connectivity index (χ0v) is 18.3. The van der Waals surface area contributed by atoms with Crippen molar-refractivity contribution in [1.82, 2.24) is 0 Å². The van der Waals surface area contributed by atoms with Gasteiger partial charge in [0, 0.05) is 42.9 Å². The standard InChI is InChI=1S/2C9H11N2.2CHO.Ir/c2*1-10-7-11(2)9-6-4-3-5-8(9)10;2*1-2;/h2*3-7H,1-2H3;2*1H;/q4*-1;. The van der Waals surface area contributed by atoms with E-state index in [1.807, 2.05) is 0 Å². The Morgan fingerprint density at radius 3 is 0.926 bits per heavy atom. The van der Waals surface area contributed by atoms with Gasteiger partial charge in [-0.1, -0.05) is 24.3 Å². The minimum atomic E-state index is 0. The van der Waals surface area contributed by atoms with E-state index < -0.39 is 0 Å². The molecular formula is C20H24IrN4O2-4. The molecule has 2 aliphatic rings. The van der Waals surface area contributed by atoms with Gasteiger partial charge in [0.25, 0.3) is 0 Å². The Hall–Kier alpha value is -2.37. The van der Waals surface area contributed by atoms with E-state index in [1.165, 1.54) is 22.7 Å². The average molecular weight is 545 g/mol. The Labute approximate surface area is 175 Å². The maximum Gasteiger partial charge on any atom is 0.0297 e. The van der Waals surface area contributed by atoms with Crippen molar-refractivity contribution in [3.8, 4) is 0 Å². The Bertz CT molecular complexity index is 588. The van der Waals surface area contributed by atoms with Gasteiger partial charge in [0.05, 0.1) is 0 Å². The third kappa shape index (κ3) is 5.81. The molecule has 149 valence electrons. The van der Waals surface area contributed by atoms with Gasteiger partial charge >= 0.3 is 0 Å². The molecular weight excluding hydrogens is 520 g/mol. The summed E-state index contributed by atoms with van der Waals surface area (Å²) >= 11 is 0. The topological polar surface area (TPSA) is 47.1 Å². The third-order valence-electron chi connectivity index (χ3n) is 3.98. The second-order valence-electron chi connectivity index (χ2n) is 5.65. The fourth-order valence-electron chi connectivity index (χ4n) is 2.89. The molecule has 0 aliphatic carbocycles. The molecule has 0 amide bonds. The smallest absolute Gasteiger partial charge is 0.0297 e. The summed E-state index contributed by atoms with van der Waals surface area (Å²) in [5.74, 6) is 0. The van der Waals surface area contributed by atoms with Crippen LogP contribution in [0.2, 0.25) is 0 Å². The first-order valence-electron chi connectivity index (χ1n) is 7.84. The van der Waals surface area contributed by atoms with E-state index >= 15 is 0 Å². The van der Waals surface area contributed by atoms with Crippen LogP contribution in [0, 0.1) is 13.3 Å². The van der Waals surface area contributed by atoms with Crippen molar-refractivity contribution in [2.45, 2.75) is 0 Å². The Morgan fingerprint density at radius 1 is 0.556 bits per heavy atom. The number of para-hydroxylation sites is 4. The first-order valence-corrected chi connectivity index (χ1v) is 7.84. The molecule has 0 atom stereocenters. The van der Waals surface area contributed by atoms with E-state index in [1.54, 1.807) is 0 Å². The van der Waals surface area contributed by atoms with Gasteiger partial charge in [-0.15, -0.1) is 0 Å². The number of hydrogen-bond donors (Lipinski definition) is 0. The maximum absolute atomic E-state index is 7.75. The van der Waals surface area contributed by atoms with Crippen molar-refractivity contribution in [2.75, 3.05) is 47.8 Å². The van der Waals surface area contributed by atoms with Crippen LogP contribution in [0.15, 0.2) is 48.5 Å². The van der Waals surface area contributed by atoms with Crippen molar-refractivity contribution in [2.24, 2.45) is 0 Å². The van der Waals surface area contributed by atoms with Gasteiger partial charge in [0.15, 0.2) is 0 Å². The monoisotopic (exact) mass is 545 g/mol. The molecule has 0 fully saturated rings. The number of rotatable bonds is 0. The predicted octanol–water partition coefficient (Wildman–Crippen LogP) is 2.83. The molecule has 0 unspecified atom stereocenters. The zero-order chi connectivity index (χ0) is 19.7. The normalized spacial score (nSPS) is 12.9. The molecule has 2 aliphatic heterocycles. The van der Waals surface area contributed by atoms with Crippen LogP contribution in [-0.2, 0) is 29.7 Å². The van der Waals surface area contributed by atoms with Crippen LogP contribution in [0.3, 0.4) is 0 Å². The van der Waals surface area contributed by atoms with Crippen molar-refractivity contribution in [1.29, 1.82) is 0 Å². The van der Waals surface area contributed by atoms with Crippen LogP contribution >= 0.6 is 0 Å². The summed E-state index contributed by atoms with van der Waals surface area (Å²) < 4.78 is 0. The fraction of sp³-hybridized carbons (Fsp3) is 0.200. The molecule has 6 nitrogen and oxygen atoms in total. The molecule has 7 heteroatoms. The predicted molar refractivity (Wildman–Crippen MR) is 109 cm³/mol. The molecule has 2 aromatic carbocycles. The summed E-state index contributed by atoms with van der Waals surface area (Å²) in [5.41, 5.74) is 5.09. The van der Waals surface area contributed by atoms with Gasteiger partial charge in [-0.2, -0.15) is 13.3 Å². The summed E-state index contributed by atoms with van der Waals surface area (Å²) in [4.78, 5) is 24.0. The zero-order valence-electron chi connectivity index (χ0n) is 15.9. The Balaban J connectivity index is 0.000000411. The molecule has 4 rings (SSSR count). The third-order valence-corrected chi connectivity index (χ3v) is 3.98. The fourth-order valence-corrected chi connectivity index (χ4v) is 2.89. The molecule has 2 heterocycles. The molecule has 0 aromatic heterocycles. The van der Waals surface area contributed by atoms with Gasteiger partial charge in [-0.25, -0.2) is 0 Å². The number of fused-ring (bicyclic) bond motifs is 2. The van der Waals surface area contributed by atoms with Crippen molar-refractivity contribution >= 4 is 36.3 Å². The van der Waals surface area contributed by atoms with E-state index in [-0.39, 0.29) is 20.1 Å². The van der Waals surface area contributed by atoms with Crippen LogP contribution in [0.25, 0.3) is 0 Å². The van der Waals surface area contributed by atoms with Crippen molar-refractivity contribution < 1.29 is 29.7 Å². The minimum Gasteiger partial charge on any atom is -0.545 e. The summed E-state index contributed by atoms with van der Waals surface area (Å²) in [6.45, 7) is 10.6. The number of nitrogens with zero attached hydrogens (tertiary/aromatic N) is 4. The summed E-state index contributed by atoms with van der Waals surface area (Å²) in [6, 6.07) is 16.7. The summed E-state index contributed by atoms with van der Waals surface area (Å²) in [6.07, 6.45) is 0. The number of anilines is 4. The van der Waals surface area contributed by atoms with Crippen molar-refractivity contribution in [3.05, 3.63) is 61.9 Å². The van der Waals surface area contributed by atoms with Crippen LogP contribution in [0.5, 0.6) is 0 Å². The minimum absolute atomic E-state index is 0. The molecule has 2 aromatic rings. The van der Waals surface area contributed by atoms with Crippen LogP contribution in [-0.4, -0.2) is 41.8 Å². The van der Waals surface area contributed by atoms with E-state index in [0.717, 1.165) is 0 Å². The number of carbonyl (C=O) groups excluding carboxylic acids is 2. The van der Waals surface area contributed by atoms with E-state index in [4.69, 9.17) is 9.59 Å². The molecule has 1 radical (unpaired) electrons. The van der Waals surface area contributed by atoms with E-state index in [0.29, 0.717) is 0 Å². The van der Waals surface area contributed by atoms with Crippen LogP contribution in [0.1, 0.15) is 0 Å². The van der Waals surface area contributed by atoms with Gasteiger partial charge in [-0.3, -0.25) is 13.6 Å². The van der Waals surface area contributed by atoms with Crippen LogP contribution in [0.4, 0.5) is 22.7 Å². The van der Waals surface area contributed by atoms with Gasteiger partial charge in [0.1, 0.15) is 0 Å². The second-order valence-corrected chi connectivity index (χ2v) is 5.65. The van der Waals surface area contributed by atoms with Crippen molar-refractivity contribution in [3.63, 3.8) is 0 Å². The maximum atomic E-state index is 7.75. The number of benzene rings is 2. The first-order chi connectivity index (χ1) is 12.6. The quantitative estimate of drug-likeness (QED) is 0.376. The molecule has 0 spiro atoms. The van der Waals surface area contributed by atoms with E-state index in [2.05, 4.69) is 123 Å².